The van der Waals surface area contributed by atoms with Crippen molar-refractivity contribution in [3.05, 3.63) is 40.4 Å². The Morgan fingerprint density at radius 2 is 2.05 bits per heavy atom. The van der Waals surface area contributed by atoms with E-state index < -0.39 is 5.91 Å². The lowest BCUT2D eigenvalue weighted by atomic mass is 10.0. The first kappa shape index (κ1) is 13.0. The van der Waals surface area contributed by atoms with Crippen LogP contribution < -0.4 is 11.5 Å². The molecule has 1 aliphatic carbocycles. The molecule has 104 valence electrons. The Bertz CT molecular complexity index is 693. The highest BCUT2D eigenvalue weighted by molar-refractivity contribution is 6.33. The van der Waals surface area contributed by atoms with Crippen molar-refractivity contribution < 1.29 is 4.79 Å². The second kappa shape index (κ2) is 4.83. The lowest BCUT2D eigenvalue weighted by Crippen LogP contribution is -2.17. The molecule has 0 saturated heterocycles. The van der Waals surface area contributed by atoms with E-state index in [9.17, 15) is 4.79 Å². The van der Waals surface area contributed by atoms with Crippen LogP contribution in [0.2, 0.25) is 5.02 Å². The molecule has 1 aromatic heterocycles. The first-order valence-corrected chi connectivity index (χ1v) is 6.90. The van der Waals surface area contributed by atoms with Gasteiger partial charge in [0.15, 0.2) is 0 Å². The summed E-state index contributed by atoms with van der Waals surface area (Å²) in [7, 11) is 0. The van der Waals surface area contributed by atoms with Crippen LogP contribution in [0.4, 0.5) is 5.69 Å². The first-order chi connectivity index (χ1) is 9.58. The van der Waals surface area contributed by atoms with Crippen molar-refractivity contribution >= 4 is 23.2 Å². The number of nitrogen functional groups attached to an aromatic ring is 1. The maximum absolute atomic E-state index is 11.7. The monoisotopic (exact) mass is 290 g/mol. The molecule has 0 unspecified atom stereocenters. The zero-order valence-electron chi connectivity index (χ0n) is 10.9. The molecule has 3 rings (SSSR count). The molecule has 1 heterocycles. The van der Waals surface area contributed by atoms with Gasteiger partial charge in [-0.3, -0.25) is 4.79 Å². The molecule has 0 bridgehead atoms. The summed E-state index contributed by atoms with van der Waals surface area (Å²) >= 11 is 6.28. The van der Waals surface area contributed by atoms with Crippen molar-refractivity contribution in [2.24, 2.45) is 5.73 Å². The largest absolute Gasteiger partial charge is 0.399 e. The number of aryl methyl sites for hydroxylation is 1. The van der Waals surface area contributed by atoms with Crippen LogP contribution in [0, 0.1) is 0 Å². The van der Waals surface area contributed by atoms with Crippen molar-refractivity contribution in [1.82, 2.24) is 9.55 Å². The van der Waals surface area contributed by atoms with E-state index in [2.05, 4.69) is 4.98 Å². The van der Waals surface area contributed by atoms with Gasteiger partial charge in [-0.1, -0.05) is 11.6 Å². The van der Waals surface area contributed by atoms with E-state index >= 15 is 0 Å². The second-order valence-electron chi connectivity index (χ2n) is 4.98. The van der Waals surface area contributed by atoms with Crippen molar-refractivity contribution in [2.45, 2.75) is 25.7 Å². The maximum Gasteiger partial charge on any atom is 0.250 e. The van der Waals surface area contributed by atoms with Crippen LogP contribution in [-0.4, -0.2) is 15.5 Å². The van der Waals surface area contributed by atoms with Gasteiger partial charge in [0.2, 0.25) is 0 Å². The number of fused-ring (bicyclic) bond motifs is 1. The van der Waals surface area contributed by atoms with Crippen LogP contribution in [-0.2, 0) is 12.8 Å². The van der Waals surface area contributed by atoms with Gasteiger partial charge in [-0.25, -0.2) is 4.98 Å². The standard InChI is InChI=1S/C14H15ClN4O/c15-10-6-8(16)5-9(14(17)20)13(10)19-7-18-11-3-1-2-4-12(11)19/h5-7H,1-4,16H2,(H2,17,20). The summed E-state index contributed by atoms with van der Waals surface area (Å²) in [5.41, 5.74) is 14.7. The van der Waals surface area contributed by atoms with E-state index in [1.807, 2.05) is 4.57 Å². The van der Waals surface area contributed by atoms with Gasteiger partial charge >= 0.3 is 0 Å². The average Bonchev–Trinajstić information content (AvgIpc) is 2.81. The molecule has 1 aromatic carbocycles. The Morgan fingerprint density at radius 1 is 1.30 bits per heavy atom. The number of halogens is 1. The van der Waals surface area contributed by atoms with Crippen LogP contribution >= 0.6 is 11.6 Å². The quantitative estimate of drug-likeness (QED) is 0.830. The van der Waals surface area contributed by atoms with Crippen LogP contribution in [0.3, 0.4) is 0 Å². The van der Waals surface area contributed by atoms with Gasteiger partial charge in [-0.15, -0.1) is 0 Å². The predicted molar refractivity (Wildman–Crippen MR) is 78.1 cm³/mol. The minimum Gasteiger partial charge on any atom is -0.399 e. The molecule has 0 radical (unpaired) electrons. The molecule has 0 aliphatic heterocycles. The van der Waals surface area contributed by atoms with E-state index in [-0.39, 0.29) is 0 Å². The highest BCUT2D eigenvalue weighted by atomic mass is 35.5. The summed E-state index contributed by atoms with van der Waals surface area (Å²) in [6, 6.07) is 3.18. The third kappa shape index (κ3) is 2.04. The zero-order chi connectivity index (χ0) is 14.3. The van der Waals surface area contributed by atoms with E-state index in [1.165, 1.54) is 0 Å². The highest BCUT2D eigenvalue weighted by Crippen LogP contribution is 2.31. The second-order valence-corrected chi connectivity index (χ2v) is 5.39. The number of primary amides is 1. The van der Waals surface area contributed by atoms with E-state index in [0.717, 1.165) is 37.1 Å². The molecule has 5 nitrogen and oxygen atoms in total. The zero-order valence-corrected chi connectivity index (χ0v) is 11.7. The number of nitrogens with two attached hydrogens (primary N) is 2. The van der Waals surface area contributed by atoms with Crippen molar-refractivity contribution in [3.8, 4) is 5.69 Å². The number of carbonyl (C=O) groups excluding carboxylic acids is 1. The molecule has 4 N–H and O–H groups in total. The van der Waals surface area contributed by atoms with Gasteiger partial charge in [0.25, 0.3) is 5.91 Å². The molecule has 0 fully saturated rings. The highest BCUT2D eigenvalue weighted by Gasteiger charge is 2.21. The Kier molecular flexibility index (Phi) is 3.14. The Hall–Kier alpha value is -2.01. The number of benzene rings is 1. The smallest absolute Gasteiger partial charge is 0.250 e. The average molecular weight is 291 g/mol. The van der Waals surface area contributed by atoms with E-state index in [4.69, 9.17) is 23.1 Å². The van der Waals surface area contributed by atoms with Crippen molar-refractivity contribution in [3.63, 3.8) is 0 Å². The van der Waals surface area contributed by atoms with Crippen molar-refractivity contribution in [2.75, 3.05) is 5.73 Å². The number of amides is 1. The lowest BCUT2D eigenvalue weighted by Gasteiger charge is -2.17. The lowest BCUT2D eigenvalue weighted by molar-refractivity contribution is 0.100. The summed E-state index contributed by atoms with van der Waals surface area (Å²) < 4.78 is 1.87. The van der Waals surface area contributed by atoms with Crippen LogP contribution in [0.1, 0.15) is 34.6 Å². The Balaban J connectivity index is 2.24. The summed E-state index contributed by atoms with van der Waals surface area (Å²) in [6.07, 6.45) is 5.84. The fourth-order valence-corrected chi connectivity index (χ4v) is 3.03. The molecule has 20 heavy (non-hydrogen) atoms. The summed E-state index contributed by atoms with van der Waals surface area (Å²) in [4.78, 5) is 16.1. The topological polar surface area (TPSA) is 86.9 Å². The molecular weight excluding hydrogens is 276 g/mol. The van der Waals surface area contributed by atoms with Crippen LogP contribution in [0.5, 0.6) is 0 Å². The number of hydrogen-bond donors (Lipinski definition) is 2. The third-order valence-corrected chi connectivity index (χ3v) is 3.91. The summed E-state index contributed by atoms with van der Waals surface area (Å²) in [5.74, 6) is -0.549. The van der Waals surface area contributed by atoms with Gasteiger partial charge in [0.1, 0.15) is 0 Å². The van der Waals surface area contributed by atoms with Crippen LogP contribution in [0.25, 0.3) is 5.69 Å². The molecule has 1 amide bonds. The SMILES string of the molecule is NC(=O)c1cc(N)cc(Cl)c1-n1cnc2c1CCCC2. The first-order valence-electron chi connectivity index (χ1n) is 6.52. The number of imidazole rings is 1. The number of rotatable bonds is 2. The molecule has 0 saturated carbocycles. The molecule has 6 heteroatoms. The van der Waals surface area contributed by atoms with Gasteiger partial charge in [0, 0.05) is 11.4 Å². The van der Waals surface area contributed by atoms with Gasteiger partial charge < -0.3 is 16.0 Å². The Labute approximate surface area is 121 Å². The summed E-state index contributed by atoms with van der Waals surface area (Å²) in [5, 5.41) is 0.407. The molecular formula is C14H15ClN4O. The fourth-order valence-electron chi connectivity index (χ4n) is 2.71. The number of anilines is 1. The number of carbonyl (C=O) groups is 1. The van der Waals surface area contributed by atoms with Gasteiger partial charge in [-0.05, 0) is 37.8 Å². The van der Waals surface area contributed by atoms with Crippen LogP contribution in [0.15, 0.2) is 18.5 Å². The number of hydrogen-bond acceptors (Lipinski definition) is 3. The Morgan fingerprint density at radius 3 is 2.80 bits per heavy atom. The van der Waals surface area contributed by atoms with E-state index in [0.29, 0.717) is 22.0 Å². The molecule has 0 spiro atoms. The normalized spacial score (nSPS) is 14.1. The number of aromatic nitrogens is 2. The molecule has 1 aliphatic rings. The minimum absolute atomic E-state index is 0.320. The third-order valence-electron chi connectivity index (χ3n) is 3.62. The molecule has 2 aromatic rings. The fraction of sp³-hybridized carbons (Fsp3) is 0.286. The number of nitrogens with zero attached hydrogens (tertiary/aromatic N) is 2. The summed E-state index contributed by atoms with van der Waals surface area (Å²) in [6.45, 7) is 0. The predicted octanol–water partition coefficient (Wildman–Crippen LogP) is 2.09. The minimum atomic E-state index is -0.549. The van der Waals surface area contributed by atoms with Gasteiger partial charge in [-0.2, -0.15) is 0 Å². The van der Waals surface area contributed by atoms with Crippen molar-refractivity contribution in [1.29, 1.82) is 0 Å². The van der Waals surface area contributed by atoms with Gasteiger partial charge in [0.05, 0.1) is 28.3 Å². The maximum atomic E-state index is 11.7. The van der Waals surface area contributed by atoms with E-state index in [1.54, 1.807) is 18.5 Å². The molecule has 0 atom stereocenters.